The van der Waals surface area contributed by atoms with Crippen LogP contribution in [0.3, 0.4) is 0 Å². The predicted octanol–water partition coefficient (Wildman–Crippen LogP) is 2.87. The number of Topliss-reactive ketones (excluding diaryl/α,β-unsaturated/α-hetero) is 1. The highest BCUT2D eigenvalue weighted by molar-refractivity contribution is 5.81. The van der Waals surface area contributed by atoms with Crippen LogP contribution in [0.2, 0.25) is 0 Å². The van der Waals surface area contributed by atoms with Gasteiger partial charge in [-0.2, -0.15) is 0 Å². The van der Waals surface area contributed by atoms with Crippen LogP contribution in [0.4, 0.5) is 4.79 Å². The van der Waals surface area contributed by atoms with Gasteiger partial charge in [-0.15, -0.1) is 0 Å². The van der Waals surface area contributed by atoms with Crippen LogP contribution < -0.4 is 5.73 Å². The van der Waals surface area contributed by atoms with E-state index >= 15 is 0 Å². The van der Waals surface area contributed by atoms with E-state index in [0.717, 1.165) is 5.56 Å². The second-order valence-corrected chi connectivity index (χ2v) is 5.31. The van der Waals surface area contributed by atoms with Crippen LogP contribution >= 0.6 is 0 Å². The molecule has 2 unspecified atom stereocenters. The number of hydrogen-bond acceptors (Lipinski definition) is 3. The number of rotatable bonds is 5. The molecule has 19 heavy (non-hydrogen) atoms. The monoisotopic (exact) mass is 263 g/mol. The summed E-state index contributed by atoms with van der Waals surface area (Å²) in [6.45, 7) is 6.89. The maximum Gasteiger partial charge on any atom is 0.405 e. The molecule has 0 radical (unpaired) electrons. The maximum atomic E-state index is 12.0. The SMILES string of the molecule is CC(=O)C(C(C)c1ccccc1)C(C)(C)OC(N)=O. The van der Waals surface area contributed by atoms with Crippen molar-refractivity contribution in [2.75, 3.05) is 0 Å². The van der Waals surface area contributed by atoms with Crippen molar-refractivity contribution >= 4 is 11.9 Å². The molecule has 1 aromatic carbocycles. The van der Waals surface area contributed by atoms with Crippen molar-refractivity contribution in [2.45, 2.75) is 39.2 Å². The fourth-order valence-electron chi connectivity index (χ4n) is 2.72. The van der Waals surface area contributed by atoms with Gasteiger partial charge >= 0.3 is 6.09 Å². The van der Waals surface area contributed by atoms with Crippen LogP contribution in [0.25, 0.3) is 0 Å². The molecule has 0 fully saturated rings. The molecule has 104 valence electrons. The van der Waals surface area contributed by atoms with E-state index in [4.69, 9.17) is 10.5 Å². The number of amides is 1. The van der Waals surface area contributed by atoms with Crippen LogP contribution in [-0.4, -0.2) is 17.5 Å². The molecular weight excluding hydrogens is 242 g/mol. The molecule has 0 aliphatic rings. The van der Waals surface area contributed by atoms with E-state index in [0.29, 0.717) is 0 Å². The van der Waals surface area contributed by atoms with Gasteiger partial charge in [0.05, 0.1) is 5.92 Å². The van der Waals surface area contributed by atoms with Crippen LogP contribution in [0.15, 0.2) is 30.3 Å². The lowest BCUT2D eigenvalue weighted by molar-refractivity contribution is -0.129. The molecule has 0 bridgehead atoms. The molecule has 2 atom stereocenters. The van der Waals surface area contributed by atoms with E-state index in [-0.39, 0.29) is 11.7 Å². The molecule has 0 saturated carbocycles. The molecule has 4 heteroatoms. The zero-order valence-electron chi connectivity index (χ0n) is 11.8. The zero-order chi connectivity index (χ0) is 14.6. The van der Waals surface area contributed by atoms with Crippen molar-refractivity contribution in [3.63, 3.8) is 0 Å². The Balaban J connectivity index is 3.08. The molecular formula is C15H21NO3. The van der Waals surface area contributed by atoms with Gasteiger partial charge in [-0.05, 0) is 32.3 Å². The van der Waals surface area contributed by atoms with E-state index in [1.807, 2.05) is 37.3 Å². The predicted molar refractivity (Wildman–Crippen MR) is 73.8 cm³/mol. The number of carbonyl (C=O) groups excluding carboxylic acids is 2. The smallest absolute Gasteiger partial charge is 0.405 e. The van der Waals surface area contributed by atoms with Gasteiger partial charge in [-0.3, -0.25) is 4.79 Å². The fourth-order valence-corrected chi connectivity index (χ4v) is 2.72. The minimum absolute atomic E-state index is 0.0254. The maximum absolute atomic E-state index is 12.0. The highest BCUT2D eigenvalue weighted by Gasteiger charge is 2.40. The summed E-state index contributed by atoms with van der Waals surface area (Å²) in [7, 11) is 0. The highest BCUT2D eigenvalue weighted by Crippen LogP contribution is 2.35. The standard InChI is InChI=1S/C15H21NO3/c1-10(12-8-6-5-7-9-12)13(11(2)17)15(3,4)19-14(16)18/h5-10,13H,1-4H3,(H2,16,18). The lowest BCUT2D eigenvalue weighted by Crippen LogP contribution is -2.44. The Labute approximate surface area is 113 Å². The molecule has 1 amide bonds. The molecule has 4 nitrogen and oxygen atoms in total. The van der Waals surface area contributed by atoms with E-state index < -0.39 is 17.6 Å². The van der Waals surface area contributed by atoms with E-state index in [1.165, 1.54) is 6.92 Å². The largest absolute Gasteiger partial charge is 0.443 e. The average molecular weight is 263 g/mol. The zero-order valence-corrected chi connectivity index (χ0v) is 11.8. The molecule has 1 rings (SSSR count). The van der Waals surface area contributed by atoms with Gasteiger partial charge < -0.3 is 10.5 Å². The number of carbonyl (C=O) groups is 2. The molecule has 2 N–H and O–H groups in total. The van der Waals surface area contributed by atoms with Crippen molar-refractivity contribution in [1.29, 1.82) is 0 Å². The van der Waals surface area contributed by atoms with Gasteiger partial charge in [-0.25, -0.2) is 4.79 Å². The van der Waals surface area contributed by atoms with Gasteiger partial charge in [0, 0.05) is 0 Å². The van der Waals surface area contributed by atoms with E-state index in [9.17, 15) is 9.59 Å². The Kier molecular flexibility index (Phi) is 4.70. The van der Waals surface area contributed by atoms with Gasteiger partial charge in [-0.1, -0.05) is 37.3 Å². The minimum Gasteiger partial charge on any atom is -0.443 e. The second kappa shape index (κ2) is 5.87. The van der Waals surface area contributed by atoms with Crippen LogP contribution in [-0.2, 0) is 9.53 Å². The Morgan fingerprint density at radius 3 is 2.16 bits per heavy atom. The van der Waals surface area contributed by atoms with Crippen molar-refractivity contribution in [1.82, 2.24) is 0 Å². The first-order valence-corrected chi connectivity index (χ1v) is 6.29. The van der Waals surface area contributed by atoms with Crippen LogP contribution in [0.1, 0.15) is 39.2 Å². The minimum atomic E-state index is -0.938. The molecule has 0 aliphatic heterocycles. The lowest BCUT2D eigenvalue weighted by Gasteiger charge is -2.35. The fraction of sp³-hybridized carbons (Fsp3) is 0.467. The summed E-state index contributed by atoms with van der Waals surface area (Å²) < 4.78 is 5.12. The summed E-state index contributed by atoms with van der Waals surface area (Å²) in [6.07, 6.45) is -0.864. The number of hydrogen-bond donors (Lipinski definition) is 1. The Hall–Kier alpha value is -1.84. The van der Waals surface area contributed by atoms with E-state index in [1.54, 1.807) is 13.8 Å². The molecule has 0 aliphatic carbocycles. The van der Waals surface area contributed by atoms with Gasteiger partial charge in [0.1, 0.15) is 11.4 Å². The Morgan fingerprint density at radius 2 is 1.74 bits per heavy atom. The van der Waals surface area contributed by atoms with Crippen molar-refractivity contribution in [3.05, 3.63) is 35.9 Å². The first-order valence-electron chi connectivity index (χ1n) is 6.29. The number of ether oxygens (including phenoxy) is 1. The molecule has 0 aromatic heterocycles. The third kappa shape index (κ3) is 3.81. The third-order valence-electron chi connectivity index (χ3n) is 3.38. The van der Waals surface area contributed by atoms with Crippen LogP contribution in [0, 0.1) is 5.92 Å². The summed E-state index contributed by atoms with van der Waals surface area (Å²) >= 11 is 0. The van der Waals surface area contributed by atoms with E-state index in [2.05, 4.69) is 0 Å². The number of benzene rings is 1. The molecule has 0 saturated heterocycles. The number of nitrogens with two attached hydrogens (primary N) is 1. The third-order valence-corrected chi connectivity index (χ3v) is 3.38. The van der Waals surface area contributed by atoms with Gasteiger partial charge in [0.25, 0.3) is 0 Å². The molecule has 0 spiro atoms. The van der Waals surface area contributed by atoms with Crippen molar-refractivity contribution in [3.8, 4) is 0 Å². The quantitative estimate of drug-likeness (QED) is 0.888. The normalized spacial score (nSPS) is 14.5. The number of primary amides is 1. The summed E-state index contributed by atoms with van der Waals surface area (Å²) in [5.41, 5.74) is 5.18. The average Bonchev–Trinajstić information content (AvgIpc) is 2.27. The van der Waals surface area contributed by atoms with Gasteiger partial charge in [0.15, 0.2) is 0 Å². The summed E-state index contributed by atoms with van der Waals surface area (Å²) in [5, 5.41) is 0. The summed E-state index contributed by atoms with van der Waals surface area (Å²) in [5.74, 6) is -0.530. The van der Waals surface area contributed by atoms with Crippen LogP contribution in [0.5, 0.6) is 0 Å². The first-order chi connectivity index (χ1) is 8.75. The Morgan fingerprint density at radius 1 is 1.21 bits per heavy atom. The summed E-state index contributed by atoms with van der Waals surface area (Å²) in [6, 6.07) is 9.68. The van der Waals surface area contributed by atoms with Crippen molar-refractivity contribution < 1.29 is 14.3 Å². The summed E-state index contributed by atoms with van der Waals surface area (Å²) in [4.78, 5) is 22.9. The second-order valence-electron chi connectivity index (χ2n) is 5.31. The Bertz CT molecular complexity index is 454. The molecule has 1 aromatic rings. The molecule has 0 heterocycles. The topological polar surface area (TPSA) is 69.4 Å². The first kappa shape index (κ1) is 15.2. The van der Waals surface area contributed by atoms with Gasteiger partial charge in [0.2, 0.25) is 0 Å². The highest BCUT2D eigenvalue weighted by atomic mass is 16.6. The lowest BCUT2D eigenvalue weighted by atomic mass is 9.75. The van der Waals surface area contributed by atoms with Crippen molar-refractivity contribution in [2.24, 2.45) is 11.7 Å². The number of ketones is 1.